The van der Waals surface area contributed by atoms with E-state index < -0.39 is 50.9 Å². The van der Waals surface area contributed by atoms with E-state index in [2.05, 4.69) is 30.0 Å². The minimum atomic E-state index is -3.84. The lowest BCUT2D eigenvalue weighted by Gasteiger charge is -2.40. The molecule has 0 spiro atoms. The number of allylic oxidation sites excluding steroid dienone is 1. The largest absolute Gasteiger partial charge is 0.491 e. The number of fused-ring (bicyclic) bond motifs is 2. The predicted molar refractivity (Wildman–Crippen MR) is 223 cm³/mol. The van der Waals surface area contributed by atoms with E-state index in [9.17, 15) is 22.8 Å². The van der Waals surface area contributed by atoms with Crippen LogP contribution in [-0.4, -0.2) is 121 Å². The zero-order valence-corrected chi connectivity index (χ0v) is 36.2. The highest BCUT2D eigenvalue weighted by Crippen LogP contribution is 2.57. The number of carbonyl (C=O) groups is 3. The Morgan fingerprint density at radius 1 is 1.15 bits per heavy atom. The first kappa shape index (κ1) is 42.0. The summed E-state index contributed by atoms with van der Waals surface area (Å²) in [6.45, 7) is 16.1. The van der Waals surface area contributed by atoms with Gasteiger partial charge in [0.15, 0.2) is 5.78 Å². The average Bonchev–Trinajstić information content (AvgIpc) is 4.10. The molecular formula is C42H52ClN5O9S2. The van der Waals surface area contributed by atoms with Crippen LogP contribution in [0.2, 0.25) is 5.02 Å². The molecule has 0 radical (unpaired) electrons. The summed E-state index contributed by atoms with van der Waals surface area (Å²) in [5, 5.41) is 3.03. The molecular weight excluding hydrogens is 818 g/mol. The summed E-state index contributed by atoms with van der Waals surface area (Å²) in [6, 6.07) is 3.91. The molecule has 3 saturated heterocycles. The summed E-state index contributed by atoms with van der Waals surface area (Å²) in [4.78, 5) is 56.1. The number of benzene rings is 1. The Morgan fingerprint density at radius 2 is 1.92 bits per heavy atom. The molecule has 1 aromatic carbocycles. The molecule has 2 aromatic heterocycles. The molecule has 8 rings (SSSR count). The van der Waals surface area contributed by atoms with Crippen molar-refractivity contribution < 1.29 is 41.7 Å². The van der Waals surface area contributed by atoms with Gasteiger partial charge in [0.25, 0.3) is 5.91 Å². The van der Waals surface area contributed by atoms with Crippen LogP contribution in [0.5, 0.6) is 11.5 Å². The number of halogens is 1. The average molecular weight is 870 g/mol. The first-order valence-corrected chi connectivity index (χ1v) is 23.3. The van der Waals surface area contributed by atoms with Crippen LogP contribution in [0.4, 0.5) is 0 Å². The first-order valence-electron chi connectivity index (χ1n) is 20.5. The third-order valence-corrected chi connectivity index (χ3v) is 15.4. The SMILES string of the molecule is C=C[C@@H]1C[C@]1(CC(=O)[C@@H]1C[C@@H](Oc2cc(-c3nc(C(C)C)cs3)nc3c(Cl)c(OCCN4CCOCC4)ccc23)[C@H]2CO[C@H](C(C)C)C(=O)N21)C(=O)NS(=O)(=O)C1CC1. The molecule has 2 amide bonds. The number of carbonyl (C=O) groups excluding carboxylic acids is 3. The Bertz CT molecular complexity index is 2240. The van der Waals surface area contributed by atoms with Crippen molar-refractivity contribution in [2.24, 2.45) is 17.3 Å². The summed E-state index contributed by atoms with van der Waals surface area (Å²) >= 11 is 8.56. The molecule has 17 heteroatoms. The van der Waals surface area contributed by atoms with Crippen LogP contribution in [0.3, 0.4) is 0 Å². The molecule has 5 fully saturated rings. The normalized spacial score (nSPS) is 27.3. The van der Waals surface area contributed by atoms with E-state index in [4.69, 9.17) is 40.5 Å². The number of rotatable bonds is 16. The van der Waals surface area contributed by atoms with Gasteiger partial charge in [-0.2, -0.15) is 0 Å². The molecule has 5 aliphatic rings. The van der Waals surface area contributed by atoms with Crippen molar-refractivity contribution in [1.29, 1.82) is 0 Å². The van der Waals surface area contributed by atoms with Crippen molar-refractivity contribution in [3.63, 3.8) is 0 Å². The van der Waals surface area contributed by atoms with E-state index in [1.54, 1.807) is 17.0 Å². The van der Waals surface area contributed by atoms with Gasteiger partial charge in [-0.1, -0.05) is 45.4 Å². The van der Waals surface area contributed by atoms with Crippen molar-refractivity contribution in [3.8, 4) is 22.2 Å². The summed E-state index contributed by atoms with van der Waals surface area (Å²) in [6.07, 6.45) is 1.30. The predicted octanol–water partition coefficient (Wildman–Crippen LogP) is 5.38. The van der Waals surface area contributed by atoms with E-state index >= 15 is 0 Å². The highest BCUT2D eigenvalue weighted by molar-refractivity contribution is 7.90. The van der Waals surface area contributed by atoms with Crippen LogP contribution in [0.1, 0.15) is 71.4 Å². The van der Waals surface area contributed by atoms with Crippen LogP contribution >= 0.6 is 22.9 Å². The van der Waals surface area contributed by atoms with E-state index in [0.717, 1.165) is 18.8 Å². The van der Waals surface area contributed by atoms with Crippen LogP contribution in [0, 0.1) is 17.3 Å². The van der Waals surface area contributed by atoms with Gasteiger partial charge in [0, 0.05) is 49.3 Å². The molecule has 318 valence electrons. The molecule has 2 aliphatic carbocycles. The number of nitrogens with zero attached hydrogens (tertiary/aromatic N) is 4. The second-order valence-electron chi connectivity index (χ2n) is 17.1. The number of ketones is 1. The Balaban J connectivity index is 1.11. The summed E-state index contributed by atoms with van der Waals surface area (Å²) in [7, 11) is -3.84. The van der Waals surface area contributed by atoms with Gasteiger partial charge in [0.1, 0.15) is 46.0 Å². The lowest BCUT2D eigenvalue weighted by atomic mass is 9.91. The number of morpholine rings is 2. The number of ether oxygens (including phenoxy) is 4. The minimum Gasteiger partial charge on any atom is -0.491 e. The Kier molecular flexibility index (Phi) is 11.9. The van der Waals surface area contributed by atoms with Crippen molar-refractivity contribution in [1.82, 2.24) is 24.5 Å². The summed E-state index contributed by atoms with van der Waals surface area (Å²) in [5.41, 5.74) is 0.672. The monoisotopic (exact) mass is 869 g/mol. The van der Waals surface area contributed by atoms with E-state index in [1.807, 2.05) is 31.4 Å². The number of sulfonamides is 1. The molecule has 59 heavy (non-hydrogen) atoms. The van der Waals surface area contributed by atoms with E-state index in [1.165, 1.54) is 11.3 Å². The molecule has 5 heterocycles. The number of Topliss-reactive ketones (excluding diaryl/α,β-unsaturated/α-hetero) is 1. The zero-order valence-electron chi connectivity index (χ0n) is 33.9. The maximum Gasteiger partial charge on any atom is 0.253 e. The molecule has 3 aromatic rings. The van der Waals surface area contributed by atoms with Gasteiger partial charge in [-0.3, -0.25) is 24.0 Å². The lowest BCUT2D eigenvalue weighted by Crippen LogP contribution is -2.58. The summed E-state index contributed by atoms with van der Waals surface area (Å²) < 4.78 is 52.6. The Morgan fingerprint density at radius 3 is 2.58 bits per heavy atom. The van der Waals surface area contributed by atoms with Gasteiger partial charge >= 0.3 is 0 Å². The van der Waals surface area contributed by atoms with Crippen LogP contribution in [-0.2, 0) is 33.9 Å². The van der Waals surface area contributed by atoms with Crippen molar-refractivity contribution in [2.45, 2.75) is 95.3 Å². The van der Waals surface area contributed by atoms with Crippen LogP contribution in [0.15, 0.2) is 36.2 Å². The number of hydrogen-bond acceptors (Lipinski definition) is 13. The van der Waals surface area contributed by atoms with Gasteiger partial charge in [-0.15, -0.1) is 17.9 Å². The number of nitrogens with one attached hydrogen (secondary N) is 1. The fourth-order valence-electron chi connectivity index (χ4n) is 8.49. The first-order chi connectivity index (χ1) is 28.2. The van der Waals surface area contributed by atoms with Gasteiger partial charge in [-0.25, -0.2) is 18.4 Å². The van der Waals surface area contributed by atoms with Gasteiger partial charge in [-0.05, 0) is 49.1 Å². The number of pyridine rings is 1. The van der Waals surface area contributed by atoms with E-state index in [0.29, 0.717) is 77.3 Å². The topological polar surface area (TPSA) is 167 Å². The lowest BCUT2D eigenvalue weighted by molar-refractivity contribution is -0.167. The van der Waals surface area contributed by atoms with Gasteiger partial charge in [0.2, 0.25) is 15.9 Å². The number of hydrogen-bond donors (Lipinski definition) is 1. The van der Waals surface area contributed by atoms with Crippen LogP contribution in [0.25, 0.3) is 21.6 Å². The Hall–Kier alpha value is -3.67. The highest BCUT2D eigenvalue weighted by Gasteiger charge is 2.62. The fourth-order valence-corrected chi connectivity index (χ4v) is 11.1. The second-order valence-corrected chi connectivity index (χ2v) is 20.3. The molecule has 0 bridgehead atoms. The van der Waals surface area contributed by atoms with Crippen LogP contribution < -0.4 is 14.2 Å². The fraction of sp³-hybridized carbons (Fsp3) is 0.595. The maximum atomic E-state index is 14.5. The molecule has 1 N–H and O–H groups in total. The smallest absolute Gasteiger partial charge is 0.253 e. The standard InChI is InChI=1S/C42H52ClN5O9S2/c1-6-25-19-42(25,41(51)46-59(52,53)26-7-8-26)20-32(49)30-18-35(31-21-56-38(24(4)5)40(50)48(30)31)57-34-17-28(39-45-29(22-58-39)23(2)3)44-37-27(34)9-10-33(36(37)43)55-16-13-47-11-14-54-15-12-47/h6,9-10,17,22-26,30-31,35,38H,1,7-8,11-16,18-21H2,2-5H3,(H,46,51)/t25-,30+,31-,35-,38-,42-/m1/s1. The third kappa shape index (κ3) is 8.37. The van der Waals surface area contributed by atoms with Gasteiger partial charge in [0.05, 0.1) is 53.8 Å². The van der Waals surface area contributed by atoms with Gasteiger partial charge < -0.3 is 23.8 Å². The summed E-state index contributed by atoms with van der Waals surface area (Å²) in [5.74, 6) is -0.770. The zero-order chi connectivity index (χ0) is 41.8. The molecule has 6 atom stereocenters. The maximum absolute atomic E-state index is 14.5. The molecule has 0 unspecified atom stereocenters. The van der Waals surface area contributed by atoms with Crippen molar-refractivity contribution >= 4 is 61.5 Å². The number of thiazole rings is 1. The number of amides is 2. The van der Waals surface area contributed by atoms with Crippen molar-refractivity contribution in [2.75, 3.05) is 46.1 Å². The van der Waals surface area contributed by atoms with Crippen molar-refractivity contribution in [3.05, 3.63) is 47.0 Å². The third-order valence-electron chi connectivity index (χ3n) is 12.3. The minimum absolute atomic E-state index is 0.130. The highest BCUT2D eigenvalue weighted by atomic mass is 35.5. The number of aromatic nitrogens is 2. The molecule has 2 saturated carbocycles. The quantitative estimate of drug-likeness (QED) is 0.183. The van der Waals surface area contributed by atoms with E-state index in [-0.39, 0.29) is 55.3 Å². The molecule has 14 nitrogen and oxygen atoms in total. The molecule has 3 aliphatic heterocycles. The Labute approximate surface area is 354 Å². The second kappa shape index (κ2) is 16.7.